The second-order valence-electron chi connectivity index (χ2n) is 2.30. The molecule has 0 saturated heterocycles. The molecule has 3 nitrogen and oxygen atoms in total. The summed E-state index contributed by atoms with van der Waals surface area (Å²) in [5.74, 6) is 0. The molecule has 2 N–H and O–H groups in total. The predicted molar refractivity (Wildman–Crippen MR) is 48.1 cm³/mol. The number of aliphatic hydroxyl groups is 2. The van der Waals surface area contributed by atoms with Crippen LogP contribution < -0.4 is 4.90 Å². The molecule has 0 aliphatic carbocycles. The van der Waals surface area contributed by atoms with Gasteiger partial charge in [0.05, 0.1) is 0 Å². The van der Waals surface area contributed by atoms with Crippen molar-refractivity contribution in [2.75, 3.05) is 18.4 Å². The van der Waals surface area contributed by atoms with Gasteiger partial charge in [-0.2, -0.15) is 0 Å². The highest BCUT2D eigenvalue weighted by molar-refractivity contribution is 6.30. The number of anilines is 1. The second kappa shape index (κ2) is 4.30. The van der Waals surface area contributed by atoms with Crippen molar-refractivity contribution < 1.29 is 10.2 Å². The van der Waals surface area contributed by atoms with Crippen LogP contribution in [0.25, 0.3) is 0 Å². The van der Waals surface area contributed by atoms with E-state index in [1.165, 1.54) is 4.90 Å². The lowest BCUT2D eigenvalue weighted by molar-refractivity contribution is 0.223. The summed E-state index contributed by atoms with van der Waals surface area (Å²) in [5, 5.41) is 18.2. The second-order valence-corrected chi connectivity index (χ2v) is 2.74. The van der Waals surface area contributed by atoms with E-state index in [0.29, 0.717) is 10.7 Å². The molecule has 0 bridgehead atoms. The standard InChI is InChI=1S/C8H10ClNO2/c9-7-2-1-3-8(4-7)10(5-11)6-12/h1-4,11-12H,5-6H2. The molecule has 0 fully saturated rings. The minimum Gasteiger partial charge on any atom is -0.376 e. The van der Waals surface area contributed by atoms with Gasteiger partial charge in [0.15, 0.2) is 0 Å². The molecule has 0 radical (unpaired) electrons. The molecule has 0 heterocycles. The maximum atomic E-state index is 8.79. The number of hydrogen-bond donors (Lipinski definition) is 2. The van der Waals surface area contributed by atoms with Crippen molar-refractivity contribution in [3.63, 3.8) is 0 Å². The molecule has 0 atom stereocenters. The minimum absolute atomic E-state index is 0.225. The molecule has 0 amide bonds. The predicted octanol–water partition coefficient (Wildman–Crippen LogP) is 1.05. The highest BCUT2D eigenvalue weighted by Crippen LogP contribution is 2.18. The van der Waals surface area contributed by atoms with Gasteiger partial charge in [-0.15, -0.1) is 0 Å². The third-order valence-electron chi connectivity index (χ3n) is 1.51. The molecule has 4 heteroatoms. The molecule has 0 aliphatic heterocycles. The summed E-state index contributed by atoms with van der Waals surface area (Å²) < 4.78 is 0. The zero-order valence-corrected chi connectivity index (χ0v) is 7.20. The molecule has 0 aliphatic rings. The van der Waals surface area contributed by atoms with Gasteiger partial charge >= 0.3 is 0 Å². The fourth-order valence-corrected chi connectivity index (χ4v) is 1.07. The van der Waals surface area contributed by atoms with E-state index in [9.17, 15) is 0 Å². The Morgan fingerprint density at radius 3 is 2.42 bits per heavy atom. The highest BCUT2D eigenvalue weighted by atomic mass is 35.5. The first-order valence-corrected chi connectivity index (χ1v) is 3.88. The summed E-state index contributed by atoms with van der Waals surface area (Å²) >= 11 is 5.71. The zero-order valence-electron chi connectivity index (χ0n) is 6.44. The Bertz CT molecular complexity index is 251. The van der Waals surface area contributed by atoms with Crippen LogP contribution in [0, 0.1) is 0 Å². The molecule has 1 rings (SSSR count). The van der Waals surface area contributed by atoms with E-state index in [-0.39, 0.29) is 13.5 Å². The molecule has 0 aromatic heterocycles. The Morgan fingerprint density at radius 2 is 1.92 bits per heavy atom. The third-order valence-corrected chi connectivity index (χ3v) is 1.75. The maximum Gasteiger partial charge on any atom is 0.117 e. The van der Waals surface area contributed by atoms with E-state index in [0.717, 1.165) is 0 Å². The maximum absolute atomic E-state index is 8.79. The Hall–Kier alpha value is -0.770. The first kappa shape index (κ1) is 9.32. The summed E-state index contributed by atoms with van der Waals surface area (Å²) in [6, 6.07) is 6.93. The topological polar surface area (TPSA) is 43.7 Å². The van der Waals surface area contributed by atoms with Gasteiger partial charge in [0.1, 0.15) is 13.5 Å². The first-order chi connectivity index (χ1) is 5.77. The van der Waals surface area contributed by atoms with Crippen LogP contribution in [-0.2, 0) is 0 Å². The van der Waals surface area contributed by atoms with Crippen LogP contribution in [0.1, 0.15) is 0 Å². The van der Waals surface area contributed by atoms with E-state index < -0.39 is 0 Å². The van der Waals surface area contributed by atoms with Crippen LogP contribution in [0.15, 0.2) is 24.3 Å². The number of halogens is 1. The summed E-state index contributed by atoms with van der Waals surface area (Å²) in [5.41, 5.74) is 0.701. The number of hydrogen-bond acceptors (Lipinski definition) is 3. The van der Waals surface area contributed by atoms with Gasteiger partial charge in [0.25, 0.3) is 0 Å². The molecule has 66 valence electrons. The lowest BCUT2D eigenvalue weighted by atomic mass is 10.3. The summed E-state index contributed by atoms with van der Waals surface area (Å²) in [7, 11) is 0. The lowest BCUT2D eigenvalue weighted by Crippen LogP contribution is -2.24. The fourth-order valence-electron chi connectivity index (χ4n) is 0.881. The molecule has 0 saturated carbocycles. The van der Waals surface area contributed by atoms with Crippen molar-refractivity contribution in [1.82, 2.24) is 0 Å². The molecule has 1 aromatic carbocycles. The van der Waals surface area contributed by atoms with Gasteiger partial charge in [-0.25, -0.2) is 0 Å². The van der Waals surface area contributed by atoms with Crippen molar-refractivity contribution in [3.8, 4) is 0 Å². The Kier molecular flexibility index (Phi) is 3.34. The third kappa shape index (κ3) is 2.11. The van der Waals surface area contributed by atoms with Crippen molar-refractivity contribution in [2.45, 2.75) is 0 Å². The van der Waals surface area contributed by atoms with Gasteiger partial charge in [-0.05, 0) is 18.2 Å². The van der Waals surface area contributed by atoms with Gasteiger partial charge in [0.2, 0.25) is 0 Å². The van der Waals surface area contributed by atoms with E-state index in [4.69, 9.17) is 21.8 Å². The van der Waals surface area contributed by atoms with Crippen LogP contribution in [0.5, 0.6) is 0 Å². The van der Waals surface area contributed by atoms with Crippen LogP contribution >= 0.6 is 11.6 Å². The Morgan fingerprint density at radius 1 is 1.25 bits per heavy atom. The van der Waals surface area contributed by atoms with Crippen molar-refractivity contribution in [1.29, 1.82) is 0 Å². The van der Waals surface area contributed by atoms with Crippen molar-refractivity contribution in [3.05, 3.63) is 29.3 Å². The Balaban J connectivity index is 2.85. The lowest BCUT2D eigenvalue weighted by Gasteiger charge is -2.18. The average Bonchev–Trinajstić information content (AvgIpc) is 2.07. The monoisotopic (exact) mass is 187 g/mol. The van der Waals surface area contributed by atoms with Crippen LogP contribution in [0.4, 0.5) is 5.69 Å². The van der Waals surface area contributed by atoms with E-state index in [1.807, 2.05) is 0 Å². The molecule has 0 spiro atoms. The van der Waals surface area contributed by atoms with E-state index in [1.54, 1.807) is 24.3 Å². The van der Waals surface area contributed by atoms with Crippen molar-refractivity contribution in [2.24, 2.45) is 0 Å². The number of aliphatic hydroxyl groups excluding tert-OH is 2. The Labute approximate surface area is 75.8 Å². The van der Waals surface area contributed by atoms with Gasteiger partial charge in [-0.1, -0.05) is 17.7 Å². The fraction of sp³-hybridized carbons (Fsp3) is 0.250. The number of rotatable bonds is 3. The van der Waals surface area contributed by atoms with Gasteiger partial charge in [-0.3, -0.25) is 0 Å². The van der Waals surface area contributed by atoms with Crippen LogP contribution in [0.3, 0.4) is 0 Å². The summed E-state index contributed by atoms with van der Waals surface area (Å²) in [4.78, 5) is 1.38. The molecule has 0 unspecified atom stereocenters. The smallest absolute Gasteiger partial charge is 0.117 e. The molecule has 1 aromatic rings. The number of benzene rings is 1. The van der Waals surface area contributed by atoms with Gasteiger partial charge < -0.3 is 15.1 Å². The van der Waals surface area contributed by atoms with Crippen LogP contribution in [0.2, 0.25) is 5.02 Å². The zero-order chi connectivity index (χ0) is 8.97. The quantitative estimate of drug-likeness (QED) is 0.696. The first-order valence-electron chi connectivity index (χ1n) is 3.50. The summed E-state index contributed by atoms with van der Waals surface area (Å²) in [6.45, 7) is -0.451. The largest absolute Gasteiger partial charge is 0.376 e. The molecule has 12 heavy (non-hydrogen) atoms. The highest BCUT2D eigenvalue weighted by Gasteiger charge is 2.02. The van der Waals surface area contributed by atoms with E-state index >= 15 is 0 Å². The average molecular weight is 188 g/mol. The number of nitrogens with zero attached hydrogens (tertiary/aromatic N) is 1. The minimum atomic E-state index is -0.225. The molecular weight excluding hydrogens is 178 g/mol. The van der Waals surface area contributed by atoms with Gasteiger partial charge in [0, 0.05) is 10.7 Å². The SMILES string of the molecule is OCN(CO)c1cccc(Cl)c1. The van der Waals surface area contributed by atoms with E-state index in [2.05, 4.69) is 0 Å². The normalized spacial score (nSPS) is 9.92. The summed E-state index contributed by atoms with van der Waals surface area (Å²) in [6.07, 6.45) is 0. The molecular formula is C8H10ClNO2. The van der Waals surface area contributed by atoms with Crippen LogP contribution in [-0.4, -0.2) is 23.7 Å². The van der Waals surface area contributed by atoms with Crippen molar-refractivity contribution >= 4 is 17.3 Å².